The van der Waals surface area contributed by atoms with E-state index < -0.39 is 0 Å². The fourth-order valence-corrected chi connectivity index (χ4v) is 3.27. The lowest BCUT2D eigenvalue weighted by Crippen LogP contribution is -2.38. The van der Waals surface area contributed by atoms with E-state index in [2.05, 4.69) is 29.4 Å². The number of carbonyl (C=O) groups excluding carboxylic acids is 2. The maximum absolute atomic E-state index is 12.3. The molecule has 24 heavy (non-hydrogen) atoms. The van der Waals surface area contributed by atoms with E-state index in [4.69, 9.17) is 0 Å². The van der Waals surface area contributed by atoms with Gasteiger partial charge in [0.1, 0.15) is 0 Å². The second-order valence-corrected chi connectivity index (χ2v) is 6.98. The first-order valence-corrected chi connectivity index (χ1v) is 8.93. The maximum Gasteiger partial charge on any atom is 0.225 e. The average molecular weight is 329 g/mol. The third kappa shape index (κ3) is 4.57. The van der Waals surface area contributed by atoms with Gasteiger partial charge in [-0.2, -0.15) is 0 Å². The van der Waals surface area contributed by atoms with Crippen molar-refractivity contribution in [2.75, 3.05) is 33.2 Å². The topological polar surface area (TPSA) is 52.7 Å². The van der Waals surface area contributed by atoms with Crippen LogP contribution in [0.1, 0.15) is 24.8 Å². The van der Waals surface area contributed by atoms with Crippen molar-refractivity contribution in [2.45, 2.75) is 31.7 Å². The Balaban J connectivity index is 1.39. The summed E-state index contributed by atoms with van der Waals surface area (Å²) in [5, 5.41) is 2.99. The molecule has 0 radical (unpaired) electrons. The Morgan fingerprint density at radius 2 is 2.04 bits per heavy atom. The quantitative estimate of drug-likeness (QED) is 0.782. The Morgan fingerprint density at radius 3 is 2.75 bits per heavy atom. The molecule has 2 fully saturated rings. The van der Waals surface area contributed by atoms with Crippen LogP contribution in [-0.2, 0) is 16.0 Å². The zero-order chi connectivity index (χ0) is 16.9. The van der Waals surface area contributed by atoms with Gasteiger partial charge in [0.15, 0.2) is 0 Å². The third-order valence-corrected chi connectivity index (χ3v) is 5.03. The smallest absolute Gasteiger partial charge is 0.225 e. The van der Waals surface area contributed by atoms with Crippen LogP contribution in [0.15, 0.2) is 30.3 Å². The molecule has 1 N–H and O–H groups in total. The number of benzene rings is 1. The minimum Gasteiger partial charge on any atom is -0.355 e. The summed E-state index contributed by atoms with van der Waals surface area (Å²) in [6.45, 7) is 2.79. The van der Waals surface area contributed by atoms with Crippen LogP contribution in [0, 0.1) is 5.92 Å². The minimum absolute atomic E-state index is 0.0229. The van der Waals surface area contributed by atoms with Gasteiger partial charge in [-0.3, -0.25) is 9.59 Å². The highest BCUT2D eigenvalue weighted by atomic mass is 16.2. The highest BCUT2D eigenvalue weighted by molar-refractivity contribution is 5.89. The molecule has 5 heteroatoms. The van der Waals surface area contributed by atoms with Gasteiger partial charge in [-0.15, -0.1) is 0 Å². The van der Waals surface area contributed by atoms with Crippen molar-refractivity contribution in [1.29, 1.82) is 0 Å². The first-order valence-electron chi connectivity index (χ1n) is 8.93. The Hall–Kier alpha value is -1.88. The van der Waals surface area contributed by atoms with Crippen LogP contribution < -0.4 is 5.32 Å². The Bertz CT molecular complexity index is 571. The molecule has 0 bridgehead atoms. The molecular weight excluding hydrogens is 302 g/mol. The van der Waals surface area contributed by atoms with Crippen molar-refractivity contribution < 1.29 is 9.59 Å². The van der Waals surface area contributed by atoms with Crippen LogP contribution in [0.5, 0.6) is 0 Å². The predicted molar refractivity (Wildman–Crippen MR) is 93.5 cm³/mol. The summed E-state index contributed by atoms with van der Waals surface area (Å²) in [7, 11) is 2.11. The summed E-state index contributed by atoms with van der Waals surface area (Å²) >= 11 is 0. The molecule has 3 rings (SSSR count). The number of likely N-dealkylation sites (tertiary alicyclic amines) is 1. The van der Waals surface area contributed by atoms with Crippen molar-refractivity contribution in [3.8, 4) is 0 Å². The van der Waals surface area contributed by atoms with Crippen LogP contribution in [0.4, 0.5) is 0 Å². The van der Waals surface area contributed by atoms with Crippen molar-refractivity contribution in [3.05, 3.63) is 35.9 Å². The standard InChI is InChI=1S/C19H27N3O2/c1-21(17-7-8-17)12-10-20-19(24)16-13-18(23)22(14-16)11-9-15-5-3-2-4-6-15/h2-6,16-17H,7-14H2,1H3,(H,20,24). The molecule has 1 atom stereocenters. The second-order valence-electron chi connectivity index (χ2n) is 6.98. The number of amides is 2. The molecule has 1 heterocycles. The van der Waals surface area contributed by atoms with E-state index in [1.807, 2.05) is 23.1 Å². The first kappa shape index (κ1) is 17.0. The van der Waals surface area contributed by atoms with Crippen molar-refractivity contribution in [1.82, 2.24) is 15.1 Å². The number of nitrogens with one attached hydrogen (secondary N) is 1. The van der Waals surface area contributed by atoms with Crippen molar-refractivity contribution >= 4 is 11.8 Å². The number of carbonyl (C=O) groups is 2. The number of likely N-dealkylation sites (N-methyl/N-ethyl adjacent to an activating group) is 1. The lowest BCUT2D eigenvalue weighted by atomic mass is 10.1. The molecule has 5 nitrogen and oxygen atoms in total. The van der Waals surface area contributed by atoms with Crippen LogP contribution in [0.2, 0.25) is 0 Å². The van der Waals surface area contributed by atoms with Gasteiger partial charge in [-0.25, -0.2) is 0 Å². The lowest BCUT2D eigenvalue weighted by molar-refractivity contribution is -0.129. The van der Waals surface area contributed by atoms with E-state index in [9.17, 15) is 9.59 Å². The number of nitrogens with zero attached hydrogens (tertiary/aromatic N) is 2. The maximum atomic E-state index is 12.3. The van der Waals surface area contributed by atoms with E-state index in [1.165, 1.54) is 18.4 Å². The number of rotatable bonds is 8. The minimum atomic E-state index is -0.195. The van der Waals surface area contributed by atoms with Crippen LogP contribution >= 0.6 is 0 Å². The SMILES string of the molecule is CN(CCNC(=O)C1CC(=O)N(CCc2ccccc2)C1)C1CC1. The van der Waals surface area contributed by atoms with Gasteiger partial charge in [0.2, 0.25) is 11.8 Å². The molecule has 1 unspecified atom stereocenters. The van der Waals surface area contributed by atoms with E-state index in [1.54, 1.807) is 0 Å². The predicted octanol–water partition coefficient (Wildman–Crippen LogP) is 1.29. The number of hydrogen-bond donors (Lipinski definition) is 1. The van der Waals surface area contributed by atoms with E-state index >= 15 is 0 Å². The highest BCUT2D eigenvalue weighted by Crippen LogP contribution is 2.24. The average Bonchev–Trinajstić information content (AvgIpc) is 3.37. The van der Waals surface area contributed by atoms with Gasteiger partial charge in [-0.05, 0) is 31.9 Å². The molecular formula is C19H27N3O2. The first-order chi connectivity index (χ1) is 11.6. The van der Waals surface area contributed by atoms with Crippen molar-refractivity contribution in [3.63, 3.8) is 0 Å². The molecule has 0 aromatic heterocycles. The largest absolute Gasteiger partial charge is 0.355 e. The van der Waals surface area contributed by atoms with Crippen LogP contribution in [0.25, 0.3) is 0 Å². The lowest BCUT2D eigenvalue weighted by Gasteiger charge is -2.18. The molecule has 1 aromatic carbocycles. The van der Waals surface area contributed by atoms with E-state index in [0.717, 1.165) is 13.0 Å². The fourth-order valence-electron chi connectivity index (χ4n) is 3.27. The molecule has 1 saturated carbocycles. The van der Waals surface area contributed by atoms with Crippen LogP contribution in [0.3, 0.4) is 0 Å². The molecule has 1 saturated heterocycles. The van der Waals surface area contributed by atoms with E-state index in [0.29, 0.717) is 32.1 Å². The molecule has 1 aromatic rings. The fraction of sp³-hybridized carbons (Fsp3) is 0.579. The van der Waals surface area contributed by atoms with Gasteiger partial charge < -0.3 is 15.1 Å². The molecule has 2 aliphatic rings. The summed E-state index contributed by atoms with van der Waals surface area (Å²) < 4.78 is 0. The zero-order valence-electron chi connectivity index (χ0n) is 14.4. The van der Waals surface area contributed by atoms with E-state index in [-0.39, 0.29) is 17.7 Å². The second kappa shape index (κ2) is 7.79. The van der Waals surface area contributed by atoms with Gasteiger partial charge in [0.25, 0.3) is 0 Å². The Morgan fingerprint density at radius 1 is 1.29 bits per heavy atom. The third-order valence-electron chi connectivity index (χ3n) is 5.03. The van der Waals surface area contributed by atoms with Crippen LogP contribution in [-0.4, -0.2) is 60.9 Å². The summed E-state index contributed by atoms with van der Waals surface area (Å²) in [5.41, 5.74) is 1.22. The summed E-state index contributed by atoms with van der Waals surface area (Å²) in [6, 6.07) is 10.9. The highest BCUT2D eigenvalue weighted by Gasteiger charge is 2.34. The summed E-state index contributed by atoms with van der Waals surface area (Å²) in [5.74, 6) is -0.0737. The van der Waals surface area contributed by atoms with Crippen molar-refractivity contribution in [2.24, 2.45) is 5.92 Å². The summed E-state index contributed by atoms with van der Waals surface area (Å²) in [6.07, 6.45) is 3.74. The zero-order valence-corrected chi connectivity index (χ0v) is 14.4. The normalized spacial score (nSPS) is 20.7. The summed E-state index contributed by atoms with van der Waals surface area (Å²) in [4.78, 5) is 28.5. The van der Waals surface area contributed by atoms with Gasteiger partial charge in [0, 0.05) is 38.6 Å². The molecule has 1 aliphatic carbocycles. The monoisotopic (exact) mass is 329 g/mol. The molecule has 2 amide bonds. The molecule has 130 valence electrons. The van der Waals surface area contributed by atoms with Gasteiger partial charge in [-0.1, -0.05) is 30.3 Å². The number of hydrogen-bond acceptors (Lipinski definition) is 3. The van der Waals surface area contributed by atoms with Gasteiger partial charge in [0.05, 0.1) is 5.92 Å². The molecule has 1 aliphatic heterocycles. The molecule has 0 spiro atoms. The Kier molecular flexibility index (Phi) is 5.51. The Labute approximate surface area is 144 Å². The van der Waals surface area contributed by atoms with Gasteiger partial charge >= 0.3 is 0 Å².